The van der Waals surface area contributed by atoms with Gasteiger partial charge in [-0.15, -0.1) is 0 Å². The molecule has 0 N–H and O–H groups in total. The van der Waals surface area contributed by atoms with E-state index in [0.29, 0.717) is 6.42 Å². The Bertz CT molecular complexity index is 87.5. The number of rotatable bonds is 3. The Morgan fingerprint density at radius 2 is 2.22 bits per heavy atom. The summed E-state index contributed by atoms with van der Waals surface area (Å²) in [5.74, 6) is 0. The zero-order chi connectivity index (χ0) is 7.54. The van der Waals surface area contributed by atoms with Crippen LogP contribution in [0.3, 0.4) is 0 Å². The molecule has 0 heterocycles. The number of hydrogen-bond donors (Lipinski definition) is 0. The summed E-state index contributed by atoms with van der Waals surface area (Å²) in [6, 6.07) is 2.03. The summed E-state index contributed by atoms with van der Waals surface area (Å²) in [5.41, 5.74) is 0. The fraction of sp³-hybridized carbons (Fsp3) is 0.500. The molecule has 0 radical (unpaired) electrons. The van der Waals surface area contributed by atoms with E-state index >= 15 is 0 Å². The van der Waals surface area contributed by atoms with Crippen molar-refractivity contribution in [3.8, 4) is 6.07 Å². The number of halogens is 1. The van der Waals surface area contributed by atoms with Crippen LogP contribution in [0.15, 0.2) is 6.08 Å². The van der Waals surface area contributed by atoms with Crippen molar-refractivity contribution < 1.29 is 16.3 Å². The van der Waals surface area contributed by atoms with Gasteiger partial charge in [0.25, 0.3) is 0 Å². The van der Waals surface area contributed by atoms with E-state index in [1.54, 1.807) is 6.08 Å². The van der Waals surface area contributed by atoms with Crippen molar-refractivity contribution in [1.29, 1.82) is 5.26 Å². The SMILES string of the molecule is [CH-]=CCCCC#N.[Zn+][Br]. The molecule has 0 aliphatic rings. The molecule has 1 nitrogen and oxygen atoms in total. The van der Waals surface area contributed by atoms with Crippen LogP contribution < -0.4 is 0 Å². The summed E-state index contributed by atoms with van der Waals surface area (Å²) < 4.78 is 0. The molecule has 0 aliphatic heterocycles. The predicted octanol–water partition coefficient (Wildman–Crippen LogP) is 2.51. The quantitative estimate of drug-likeness (QED) is 0.422. The van der Waals surface area contributed by atoms with Gasteiger partial charge in [-0.05, 0) is 6.42 Å². The third-order valence-electron chi connectivity index (χ3n) is 0.659. The Morgan fingerprint density at radius 1 is 1.67 bits per heavy atom. The van der Waals surface area contributed by atoms with E-state index in [9.17, 15) is 0 Å². The Labute approximate surface area is 73.2 Å². The molecule has 0 amide bonds. The van der Waals surface area contributed by atoms with Crippen molar-refractivity contribution >= 4 is 13.6 Å². The fourth-order valence-electron chi connectivity index (χ4n) is 0.299. The summed E-state index contributed by atoms with van der Waals surface area (Å²) >= 11 is 4.25. The van der Waals surface area contributed by atoms with Crippen molar-refractivity contribution in [2.75, 3.05) is 0 Å². The third-order valence-corrected chi connectivity index (χ3v) is 0.659. The average Bonchev–Trinajstić information content (AvgIpc) is 1.94. The van der Waals surface area contributed by atoms with Crippen LogP contribution in [-0.2, 0) is 16.3 Å². The molecule has 0 rings (SSSR count). The van der Waals surface area contributed by atoms with Gasteiger partial charge in [0, 0.05) is 6.42 Å². The van der Waals surface area contributed by atoms with Crippen LogP contribution in [-0.4, -0.2) is 0 Å². The van der Waals surface area contributed by atoms with E-state index in [-0.39, 0.29) is 0 Å². The van der Waals surface area contributed by atoms with Gasteiger partial charge in [-0.1, -0.05) is 6.42 Å². The monoisotopic (exact) mass is 237 g/mol. The van der Waals surface area contributed by atoms with Gasteiger partial charge >= 0.3 is 30.0 Å². The van der Waals surface area contributed by atoms with Crippen molar-refractivity contribution in [2.24, 2.45) is 0 Å². The van der Waals surface area contributed by atoms with Crippen LogP contribution in [0, 0.1) is 17.9 Å². The van der Waals surface area contributed by atoms with Gasteiger partial charge in [-0.3, -0.25) is 6.08 Å². The van der Waals surface area contributed by atoms with Crippen molar-refractivity contribution in [3.05, 3.63) is 12.7 Å². The molecular formula is C6H8BrNZn. The van der Waals surface area contributed by atoms with E-state index < -0.39 is 0 Å². The van der Waals surface area contributed by atoms with Gasteiger partial charge in [0.05, 0.1) is 6.07 Å². The van der Waals surface area contributed by atoms with Crippen LogP contribution in [0.25, 0.3) is 0 Å². The standard InChI is InChI=1S/C6H8N.BrH.Zn/c1-2-3-4-5-6-7;;/h1-2H,3-5H2;1H;/q-1;;+2/p-1. The minimum absolute atomic E-state index is 0.619. The van der Waals surface area contributed by atoms with Crippen LogP contribution in [0.4, 0.5) is 0 Å². The molecule has 0 fully saturated rings. The molecule has 0 aromatic heterocycles. The fourth-order valence-corrected chi connectivity index (χ4v) is 0.299. The zero-order valence-corrected chi connectivity index (χ0v) is 9.86. The topological polar surface area (TPSA) is 23.8 Å². The second kappa shape index (κ2) is 15.8. The molecular weight excluding hydrogens is 231 g/mol. The first-order chi connectivity index (χ1) is 4.41. The van der Waals surface area contributed by atoms with E-state index in [4.69, 9.17) is 11.8 Å². The van der Waals surface area contributed by atoms with Crippen molar-refractivity contribution in [3.63, 3.8) is 0 Å². The second-order valence-corrected chi connectivity index (χ2v) is 1.29. The van der Waals surface area contributed by atoms with E-state index in [1.165, 1.54) is 16.3 Å². The second-order valence-electron chi connectivity index (χ2n) is 1.29. The molecule has 46 valence electrons. The maximum absolute atomic E-state index is 7.99. The molecule has 0 aliphatic carbocycles. The molecule has 0 aromatic rings. The molecule has 0 saturated carbocycles. The Balaban J connectivity index is 0. The van der Waals surface area contributed by atoms with Crippen molar-refractivity contribution in [2.45, 2.75) is 19.3 Å². The van der Waals surface area contributed by atoms with E-state index in [2.05, 4.69) is 13.6 Å². The first-order valence-electron chi connectivity index (χ1n) is 2.59. The summed E-state index contributed by atoms with van der Waals surface area (Å²) in [5, 5.41) is 7.99. The van der Waals surface area contributed by atoms with Gasteiger partial charge in [0.1, 0.15) is 0 Å². The van der Waals surface area contributed by atoms with Gasteiger partial charge in [-0.2, -0.15) is 5.26 Å². The number of nitriles is 1. The summed E-state index contributed by atoms with van der Waals surface area (Å²) in [4.78, 5) is 0. The third kappa shape index (κ3) is 17.8. The average molecular weight is 239 g/mol. The van der Waals surface area contributed by atoms with Crippen LogP contribution in [0.5, 0.6) is 0 Å². The molecule has 0 unspecified atom stereocenters. The summed E-state index contributed by atoms with van der Waals surface area (Å²) in [7, 11) is 0. The van der Waals surface area contributed by atoms with Gasteiger partial charge < -0.3 is 6.58 Å². The predicted molar refractivity (Wildman–Crippen MR) is 37.3 cm³/mol. The first kappa shape index (κ1) is 12.1. The molecule has 3 heteroatoms. The zero-order valence-electron chi connectivity index (χ0n) is 5.31. The number of hydrogen-bond acceptors (Lipinski definition) is 1. The normalized spacial score (nSPS) is 6.44. The molecule has 0 spiro atoms. The molecule has 0 bridgehead atoms. The van der Waals surface area contributed by atoms with Crippen LogP contribution >= 0.6 is 13.6 Å². The van der Waals surface area contributed by atoms with Gasteiger partial charge in [-0.25, -0.2) is 0 Å². The summed E-state index contributed by atoms with van der Waals surface area (Å²) in [6.07, 6.45) is 3.95. The maximum atomic E-state index is 7.99. The Morgan fingerprint density at radius 3 is 2.56 bits per heavy atom. The molecule has 9 heavy (non-hydrogen) atoms. The van der Waals surface area contributed by atoms with E-state index in [1.807, 2.05) is 6.07 Å². The Hall–Kier alpha value is 0.333. The van der Waals surface area contributed by atoms with E-state index in [0.717, 1.165) is 12.8 Å². The van der Waals surface area contributed by atoms with Gasteiger partial charge in [0.15, 0.2) is 0 Å². The first-order valence-corrected chi connectivity index (χ1v) is 9.53. The number of unbranched alkanes of at least 4 members (excludes halogenated alkanes) is 2. The molecule has 0 aromatic carbocycles. The minimum atomic E-state index is 0.619. The number of nitrogens with zero attached hydrogens (tertiary/aromatic N) is 1. The summed E-state index contributed by atoms with van der Waals surface area (Å²) in [6.45, 7) is 5.03. The van der Waals surface area contributed by atoms with Crippen LogP contribution in [0.2, 0.25) is 0 Å². The molecule has 0 saturated heterocycles. The van der Waals surface area contributed by atoms with Crippen LogP contribution in [0.1, 0.15) is 19.3 Å². The number of allylic oxidation sites excluding steroid dienone is 1. The Kier molecular flexibility index (Phi) is 21.1. The molecule has 0 atom stereocenters. The van der Waals surface area contributed by atoms with Crippen molar-refractivity contribution in [1.82, 2.24) is 0 Å². The van der Waals surface area contributed by atoms with Gasteiger partial charge in [0.2, 0.25) is 0 Å².